The van der Waals surface area contributed by atoms with E-state index in [0.29, 0.717) is 29.2 Å². The predicted molar refractivity (Wildman–Crippen MR) is 131 cm³/mol. The van der Waals surface area contributed by atoms with Gasteiger partial charge in [-0.3, -0.25) is 14.7 Å². The Hall–Kier alpha value is -3.59. The van der Waals surface area contributed by atoms with Gasteiger partial charge in [-0.25, -0.2) is 9.78 Å². The molecular weight excluding hydrogens is 438 g/mol. The average molecular weight is 464 g/mol. The number of carbonyl (C=O) groups excluding carboxylic acids is 1. The van der Waals surface area contributed by atoms with Crippen LogP contribution in [0.1, 0.15) is 21.7 Å². The zero-order valence-electron chi connectivity index (χ0n) is 18.3. The Morgan fingerprint density at radius 1 is 1.15 bits per heavy atom. The molecule has 4 rings (SSSR count). The van der Waals surface area contributed by atoms with Crippen LogP contribution in [-0.2, 0) is 6.42 Å². The third-order valence-corrected chi connectivity index (χ3v) is 6.26. The molecule has 170 valence electrons. The highest BCUT2D eigenvalue weighted by Gasteiger charge is 2.22. The monoisotopic (exact) mass is 463 g/mol. The molecule has 0 saturated carbocycles. The molecule has 1 saturated heterocycles. The van der Waals surface area contributed by atoms with E-state index in [4.69, 9.17) is 0 Å². The zero-order chi connectivity index (χ0) is 23.2. The lowest BCUT2D eigenvalue weighted by molar-refractivity contribution is 0.102. The van der Waals surface area contributed by atoms with Crippen molar-refractivity contribution >= 4 is 41.0 Å². The van der Waals surface area contributed by atoms with Gasteiger partial charge in [0.15, 0.2) is 0 Å². The number of hydrogen-bond acceptors (Lipinski definition) is 6. The molecule has 2 N–H and O–H groups in total. The first-order valence-electron chi connectivity index (χ1n) is 10.6. The smallest absolute Gasteiger partial charge is 0.411 e. The third-order valence-electron chi connectivity index (χ3n) is 5.30. The first-order chi connectivity index (χ1) is 16.0. The van der Waals surface area contributed by atoms with Gasteiger partial charge in [0.2, 0.25) is 0 Å². The molecule has 1 aliphatic heterocycles. The maximum Gasteiger partial charge on any atom is 0.411 e. The normalized spacial score (nSPS) is 13.1. The molecule has 3 heterocycles. The second-order valence-electron chi connectivity index (χ2n) is 7.63. The van der Waals surface area contributed by atoms with Crippen molar-refractivity contribution < 1.29 is 14.7 Å². The fraction of sp³-hybridized carbons (Fsp3) is 0.250. The van der Waals surface area contributed by atoms with Gasteiger partial charge in [0.25, 0.3) is 5.91 Å². The fourth-order valence-corrected chi connectivity index (χ4v) is 4.52. The van der Waals surface area contributed by atoms with Crippen LogP contribution >= 0.6 is 11.8 Å². The van der Waals surface area contributed by atoms with Crippen LogP contribution < -0.4 is 15.1 Å². The average Bonchev–Trinajstić information content (AvgIpc) is 3.35. The molecule has 1 aromatic carbocycles. The van der Waals surface area contributed by atoms with Crippen molar-refractivity contribution in [2.45, 2.75) is 13.3 Å². The molecule has 8 nitrogen and oxygen atoms in total. The van der Waals surface area contributed by atoms with Gasteiger partial charge in [0.05, 0.1) is 11.4 Å². The number of aryl methyl sites for hydroxylation is 1. The Labute approximate surface area is 196 Å². The Morgan fingerprint density at radius 2 is 1.97 bits per heavy atom. The Morgan fingerprint density at radius 3 is 2.64 bits per heavy atom. The molecule has 0 bridgehead atoms. The number of nitrogens with zero attached hydrogens (tertiary/aromatic N) is 4. The van der Waals surface area contributed by atoms with Gasteiger partial charge < -0.3 is 15.3 Å². The number of amides is 2. The molecule has 3 aromatic rings. The van der Waals surface area contributed by atoms with Gasteiger partial charge in [-0.1, -0.05) is 6.07 Å². The van der Waals surface area contributed by atoms with Crippen molar-refractivity contribution in [1.29, 1.82) is 0 Å². The standard InChI is InChI=1S/C24H25N5O3S/c1-17-5-10-21(22(26-17)28-14-15-33-16-28)23(30)27-19-6-8-20(9-7-19)29(24(31)32)13-11-18-4-2-3-12-25-18/h2-10,12H,11,13-16H2,1H3,(H,27,30)(H,31,32). The summed E-state index contributed by atoms with van der Waals surface area (Å²) in [5.41, 5.74) is 3.33. The van der Waals surface area contributed by atoms with Crippen molar-refractivity contribution in [3.05, 3.63) is 77.7 Å². The number of thioether (sulfide) groups is 1. The molecular formula is C24H25N5O3S. The van der Waals surface area contributed by atoms with E-state index in [1.54, 1.807) is 36.5 Å². The number of nitrogens with one attached hydrogen (secondary N) is 1. The van der Waals surface area contributed by atoms with Crippen molar-refractivity contribution in [3.8, 4) is 0 Å². The van der Waals surface area contributed by atoms with Gasteiger partial charge in [0, 0.05) is 54.2 Å². The number of carboxylic acid groups (broad SMARTS) is 1. The second kappa shape index (κ2) is 10.4. The first-order valence-corrected chi connectivity index (χ1v) is 11.8. The summed E-state index contributed by atoms with van der Waals surface area (Å²) in [6.45, 7) is 3.05. The minimum absolute atomic E-state index is 0.243. The van der Waals surface area contributed by atoms with Crippen LogP contribution in [0.2, 0.25) is 0 Å². The quantitative estimate of drug-likeness (QED) is 0.540. The van der Waals surface area contributed by atoms with E-state index in [1.807, 2.05) is 43.0 Å². The van der Waals surface area contributed by atoms with Crippen LogP contribution in [0, 0.1) is 6.92 Å². The van der Waals surface area contributed by atoms with E-state index >= 15 is 0 Å². The summed E-state index contributed by atoms with van der Waals surface area (Å²) in [6.07, 6.45) is 1.15. The van der Waals surface area contributed by atoms with Crippen LogP contribution in [0.3, 0.4) is 0 Å². The SMILES string of the molecule is Cc1ccc(C(=O)Nc2ccc(N(CCc3ccccn3)C(=O)O)cc2)c(N2CCSC2)n1. The van der Waals surface area contributed by atoms with Gasteiger partial charge in [0.1, 0.15) is 5.82 Å². The van der Waals surface area contributed by atoms with E-state index < -0.39 is 6.09 Å². The van der Waals surface area contributed by atoms with Gasteiger partial charge in [-0.15, -0.1) is 11.8 Å². The fourth-order valence-electron chi connectivity index (χ4n) is 3.57. The Kier molecular flexibility index (Phi) is 7.09. The van der Waals surface area contributed by atoms with Gasteiger partial charge >= 0.3 is 6.09 Å². The van der Waals surface area contributed by atoms with Crippen molar-refractivity contribution in [3.63, 3.8) is 0 Å². The lowest BCUT2D eigenvalue weighted by Gasteiger charge is -2.20. The highest BCUT2D eigenvalue weighted by atomic mass is 32.2. The van der Waals surface area contributed by atoms with Crippen LogP contribution in [0.15, 0.2) is 60.8 Å². The number of anilines is 3. The van der Waals surface area contributed by atoms with Crippen LogP contribution in [-0.4, -0.2) is 51.8 Å². The van der Waals surface area contributed by atoms with E-state index in [1.165, 1.54) is 4.90 Å². The molecule has 0 aliphatic carbocycles. The third kappa shape index (κ3) is 5.61. The summed E-state index contributed by atoms with van der Waals surface area (Å²) in [6, 6.07) is 16.0. The Balaban J connectivity index is 1.46. The van der Waals surface area contributed by atoms with Crippen LogP contribution in [0.4, 0.5) is 22.0 Å². The Bertz CT molecular complexity index is 1120. The molecule has 0 unspecified atom stereocenters. The molecule has 0 atom stereocenters. The number of hydrogen-bond donors (Lipinski definition) is 2. The molecule has 2 aromatic heterocycles. The molecule has 0 radical (unpaired) electrons. The van der Waals surface area contributed by atoms with E-state index in [2.05, 4.69) is 20.2 Å². The van der Waals surface area contributed by atoms with E-state index in [0.717, 1.165) is 29.6 Å². The number of aromatic nitrogens is 2. The lowest BCUT2D eigenvalue weighted by Crippen LogP contribution is -2.31. The maximum atomic E-state index is 13.0. The minimum Gasteiger partial charge on any atom is -0.465 e. The topological polar surface area (TPSA) is 98.7 Å². The number of carbonyl (C=O) groups is 2. The molecule has 9 heteroatoms. The summed E-state index contributed by atoms with van der Waals surface area (Å²) in [7, 11) is 0. The minimum atomic E-state index is -1.04. The second-order valence-corrected chi connectivity index (χ2v) is 8.71. The molecule has 33 heavy (non-hydrogen) atoms. The van der Waals surface area contributed by atoms with Crippen molar-refractivity contribution in [2.24, 2.45) is 0 Å². The van der Waals surface area contributed by atoms with E-state index in [-0.39, 0.29) is 12.5 Å². The zero-order valence-corrected chi connectivity index (χ0v) is 19.1. The maximum absolute atomic E-state index is 13.0. The van der Waals surface area contributed by atoms with E-state index in [9.17, 15) is 14.7 Å². The number of rotatable bonds is 7. The molecule has 0 spiro atoms. The van der Waals surface area contributed by atoms with Crippen LogP contribution in [0.25, 0.3) is 0 Å². The summed E-state index contributed by atoms with van der Waals surface area (Å²) in [5.74, 6) is 2.28. The highest BCUT2D eigenvalue weighted by Crippen LogP contribution is 2.26. The predicted octanol–water partition coefficient (Wildman–Crippen LogP) is 4.28. The number of pyridine rings is 2. The first kappa shape index (κ1) is 22.6. The van der Waals surface area contributed by atoms with Crippen molar-refractivity contribution in [1.82, 2.24) is 9.97 Å². The van der Waals surface area contributed by atoms with Crippen LogP contribution in [0.5, 0.6) is 0 Å². The molecule has 2 amide bonds. The highest BCUT2D eigenvalue weighted by molar-refractivity contribution is 7.99. The summed E-state index contributed by atoms with van der Waals surface area (Å²) < 4.78 is 0. The lowest BCUT2D eigenvalue weighted by atomic mass is 10.2. The molecule has 1 aliphatic rings. The number of benzene rings is 1. The van der Waals surface area contributed by atoms with Gasteiger partial charge in [-0.2, -0.15) is 0 Å². The summed E-state index contributed by atoms with van der Waals surface area (Å²) >= 11 is 1.81. The molecule has 1 fully saturated rings. The summed E-state index contributed by atoms with van der Waals surface area (Å²) in [4.78, 5) is 37.0. The largest absolute Gasteiger partial charge is 0.465 e. The van der Waals surface area contributed by atoms with Crippen molar-refractivity contribution in [2.75, 3.05) is 39.8 Å². The van der Waals surface area contributed by atoms with Gasteiger partial charge in [-0.05, 0) is 55.5 Å². The summed E-state index contributed by atoms with van der Waals surface area (Å²) in [5, 5.41) is 12.6.